The summed E-state index contributed by atoms with van der Waals surface area (Å²) in [5.74, 6) is 2.01. The molecule has 0 bridgehead atoms. The summed E-state index contributed by atoms with van der Waals surface area (Å²) < 4.78 is 0. The van der Waals surface area contributed by atoms with Crippen LogP contribution in [0, 0.1) is 5.92 Å². The van der Waals surface area contributed by atoms with E-state index < -0.39 is 0 Å². The number of halogens is 1. The monoisotopic (exact) mass is 486 g/mol. The smallest absolute Gasteiger partial charge is 0.222 e. The molecule has 2 N–H and O–H groups in total. The van der Waals surface area contributed by atoms with Crippen LogP contribution in [0.4, 0.5) is 0 Å². The van der Waals surface area contributed by atoms with Crippen LogP contribution in [-0.2, 0) is 4.79 Å². The quantitative estimate of drug-likeness (QED) is 0.352. The van der Waals surface area contributed by atoms with Gasteiger partial charge >= 0.3 is 0 Å². The Balaban J connectivity index is 0.00000364. The van der Waals surface area contributed by atoms with Crippen molar-refractivity contribution in [1.82, 2.24) is 15.5 Å². The Labute approximate surface area is 181 Å². The van der Waals surface area contributed by atoms with Crippen molar-refractivity contribution >= 4 is 35.8 Å². The van der Waals surface area contributed by atoms with Crippen LogP contribution < -0.4 is 10.6 Å². The molecule has 1 aromatic carbocycles. The summed E-state index contributed by atoms with van der Waals surface area (Å²) in [5.41, 5.74) is 1.34. The maximum absolute atomic E-state index is 11.9. The number of nitrogens with zero attached hydrogens (tertiary/aromatic N) is 2. The average Bonchev–Trinajstić information content (AvgIpc) is 3.10. The van der Waals surface area contributed by atoms with Crippen molar-refractivity contribution in [3.63, 3.8) is 0 Å². The second-order valence-corrected chi connectivity index (χ2v) is 7.30. The third-order valence-corrected chi connectivity index (χ3v) is 5.01. The Kier molecular flexibility index (Phi) is 10.7. The first kappa shape index (κ1) is 23.7. The molecule has 0 aromatic heterocycles. The molecule has 1 amide bonds. The first-order valence-corrected chi connectivity index (χ1v) is 9.92. The van der Waals surface area contributed by atoms with E-state index in [2.05, 4.69) is 61.7 Å². The molecule has 1 aliphatic heterocycles. The summed E-state index contributed by atoms with van der Waals surface area (Å²) in [5, 5.41) is 6.87. The van der Waals surface area contributed by atoms with E-state index in [9.17, 15) is 4.79 Å². The number of carbonyl (C=O) groups is 1. The number of benzene rings is 1. The van der Waals surface area contributed by atoms with E-state index in [0.717, 1.165) is 38.6 Å². The van der Waals surface area contributed by atoms with Crippen molar-refractivity contribution in [2.75, 3.05) is 26.2 Å². The minimum absolute atomic E-state index is 0. The van der Waals surface area contributed by atoms with Crippen LogP contribution in [0.5, 0.6) is 0 Å². The van der Waals surface area contributed by atoms with Crippen LogP contribution in [0.25, 0.3) is 0 Å². The van der Waals surface area contributed by atoms with Gasteiger partial charge < -0.3 is 15.5 Å². The molecule has 2 atom stereocenters. The van der Waals surface area contributed by atoms with Crippen molar-refractivity contribution < 1.29 is 4.79 Å². The second kappa shape index (κ2) is 12.2. The largest absolute Gasteiger partial charge is 0.357 e. The highest BCUT2D eigenvalue weighted by Crippen LogP contribution is 2.24. The van der Waals surface area contributed by atoms with E-state index in [-0.39, 0.29) is 35.9 Å². The van der Waals surface area contributed by atoms with Crippen LogP contribution in [0.3, 0.4) is 0 Å². The molecule has 0 radical (unpaired) electrons. The number of nitrogens with one attached hydrogen (secondary N) is 2. The van der Waals surface area contributed by atoms with Crippen molar-refractivity contribution in [3.05, 3.63) is 35.9 Å². The average molecular weight is 486 g/mol. The highest BCUT2D eigenvalue weighted by atomic mass is 127. The van der Waals surface area contributed by atoms with E-state index in [1.165, 1.54) is 5.56 Å². The van der Waals surface area contributed by atoms with Gasteiger partial charge in [0.1, 0.15) is 0 Å². The number of rotatable bonds is 7. The summed E-state index contributed by atoms with van der Waals surface area (Å²) in [4.78, 5) is 18.7. The minimum Gasteiger partial charge on any atom is -0.357 e. The minimum atomic E-state index is 0. The molecule has 6 heteroatoms. The first-order valence-electron chi connectivity index (χ1n) is 9.92. The van der Waals surface area contributed by atoms with E-state index in [4.69, 9.17) is 4.99 Å². The van der Waals surface area contributed by atoms with Gasteiger partial charge in [-0.1, -0.05) is 51.1 Å². The highest BCUT2D eigenvalue weighted by Gasteiger charge is 2.26. The summed E-state index contributed by atoms with van der Waals surface area (Å²) in [6.45, 7) is 11.7. The van der Waals surface area contributed by atoms with Gasteiger partial charge in [0.15, 0.2) is 5.96 Å². The van der Waals surface area contributed by atoms with E-state index >= 15 is 0 Å². The van der Waals surface area contributed by atoms with Gasteiger partial charge in [0.2, 0.25) is 5.91 Å². The number of hydrogen-bond donors (Lipinski definition) is 2. The third-order valence-electron chi connectivity index (χ3n) is 5.01. The zero-order valence-electron chi connectivity index (χ0n) is 17.1. The SMILES string of the molecule is CCNC(=NCC(c1ccccc1)C(C)C)NC1CCN(C(=O)CC)C1.I. The highest BCUT2D eigenvalue weighted by molar-refractivity contribution is 14.0. The Morgan fingerprint density at radius 1 is 1.26 bits per heavy atom. The van der Waals surface area contributed by atoms with Gasteiger partial charge in [-0.3, -0.25) is 9.79 Å². The van der Waals surface area contributed by atoms with Gasteiger partial charge in [0.25, 0.3) is 0 Å². The lowest BCUT2D eigenvalue weighted by Gasteiger charge is -2.22. The summed E-state index contributed by atoms with van der Waals surface area (Å²) >= 11 is 0. The molecule has 1 aliphatic rings. The molecular formula is C21H35IN4O. The van der Waals surface area contributed by atoms with Crippen LogP contribution in [0.2, 0.25) is 0 Å². The summed E-state index contributed by atoms with van der Waals surface area (Å²) in [6, 6.07) is 10.9. The fourth-order valence-electron chi connectivity index (χ4n) is 3.43. The molecule has 1 aromatic rings. The van der Waals surface area contributed by atoms with Gasteiger partial charge in [-0.2, -0.15) is 0 Å². The number of carbonyl (C=O) groups excluding carboxylic acids is 1. The number of aliphatic imine (C=N–C) groups is 1. The van der Waals surface area contributed by atoms with E-state index in [1.54, 1.807) is 0 Å². The lowest BCUT2D eigenvalue weighted by molar-refractivity contribution is -0.129. The molecule has 2 rings (SSSR count). The zero-order chi connectivity index (χ0) is 18.9. The lowest BCUT2D eigenvalue weighted by atomic mass is 9.88. The van der Waals surface area contributed by atoms with Gasteiger partial charge in [0.05, 0.1) is 0 Å². The Morgan fingerprint density at radius 3 is 2.56 bits per heavy atom. The molecule has 0 aliphatic carbocycles. The Hall–Kier alpha value is -1.31. The van der Waals surface area contributed by atoms with Gasteiger partial charge in [-0.05, 0) is 24.8 Å². The zero-order valence-corrected chi connectivity index (χ0v) is 19.4. The van der Waals surface area contributed by atoms with Crippen molar-refractivity contribution in [3.8, 4) is 0 Å². The first-order chi connectivity index (χ1) is 12.5. The van der Waals surface area contributed by atoms with Gasteiger partial charge in [0, 0.05) is 44.6 Å². The van der Waals surface area contributed by atoms with Crippen molar-refractivity contribution in [2.24, 2.45) is 10.9 Å². The molecule has 1 heterocycles. The molecule has 2 unspecified atom stereocenters. The third kappa shape index (κ3) is 7.31. The molecule has 1 saturated heterocycles. The maximum Gasteiger partial charge on any atom is 0.222 e. The molecule has 5 nitrogen and oxygen atoms in total. The topological polar surface area (TPSA) is 56.7 Å². The van der Waals surface area contributed by atoms with Crippen molar-refractivity contribution in [2.45, 2.75) is 52.5 Å². The van der Waals surface area contributed by atoms with Gasteiger partial charge in [-0.15, -0.1) is 24.0 Å². The van der Waals surface area contributed by atoms with E-state index in [1.807, 2.05) is 11.8 Å². The van der Waals surface area contributed by atoms with Crippen LogP contribution >= 0.6 is 24.0 Å². The van der Waals surface area contributed by atoms with Crippen LogP contribution in [0.15, 0.2) is 35.3 Å². The predicted octanol–water partition coefficient (Wildman–Crippen LogP) is 3.61. The van der Waals surface area contributed by atoms with E-state index in [0.29, 0.717) is 18.3 Å². The maximum atomic E-state index is 11.9. The fourth-order valence-corrected chi connectivity index (χ4v) is 3.43. The van der Waals surface area contributed by atoms with Crippen molar-refractivity contribution in [1.29, 1.82) is 0 Å². The molecule has 152 valence electrons. The van der Waals surface area contributed by atoms with Gasteiger partial charge in [-0.25, -0.2) is 0 Å². The standard InChI is InChI=1S/C21H34N4O.HI/c1-5-20(26)25-13-12-18(15-25)24-21(22-6-2)23-14-19(16(3)4)17-10-8-7-9-11-17;/h7-11,16,18-19H,5-6,12-15H2,1-4H3,(H2,22,23,24);1H. The molecular weight excluding hydrogens is 451 g/mol. The number of amides is 1. The molecule has 1 fully saturated rings. The van der Waals surface area contributed by atoms with Crippen LogP contribution in [0.1, 0.15) is 52.0 Å². The molecule has 0 saturated carbocycles. The number of guanidine groups is 1. The molecule has 0 spiro atoms. The fraction of sp³-hybridized carbons (Fsp3) is 0.619. The predicted molar refractivity (Wildman–Crippen MR) is 124 cm³/mol. The molecule has 27 heavy (non-hydrogen) atoms. The summed E-state index contributed by atoms with van der Waals surface area (Å²) in [6.07, 6.45) is 1.55. The number of hydrogen-bond acceptors (Lipinski definition) is 2. The second-order valence-electron chi connectivity index (χ2n) is 7.30. The normalized spacial score (nSPS) is 18.2. The Morgan fingerprint density at radius 2 is 1.96 bits per heavy atom. The van der Waals surface area contributed by atoms with Crippen LogP contribution in [-0.4, -0.2) is 49.0 Å². The number of likely N-dealkylation sites (tertiary alicyclic amines) is 1. The summed E-state index contributed by atoms with van der Waals surface area (Å²) in [7, 11) is 0. The Bertz CT molecular complexity index is 591. The lowest BCUT2D eigenvalue weighted by Crippen LogP contribution is -2.45.